The molecule has 1 aliphatic heterocycles. The Bertz CT molecular complexity index is 538. The average molecular weight is 416 g/mol. The first kappa shape index (κ1) is 23.9. The first-order valence-electron chi connectivity index (χ1n) is 8.08. The molecule has 0 radical (unpaired) electrons. The van der Waals surface area contributed by atoms with E-state index in [0.717, 1.165) is 0 Å². The Labute approximate surface area is 160 Å². The third-order valence-corrected chi connectivity index (χ3v) is 4.64. The molecule has 2 rings (SSSR count). The van der Waals surface area contributed by atoms with Gasteiger partial charge >= 0.3 is 5.97 Å². The number of carboxylic acids is 1. The van der Waals surface area contributed by atoms with Crippen molar-refractivity contribution >= 4 is 24.2 Å². The number of halogens is 1. The Morgan fingerprint density at radius 1 is 1.07 bits per heavy atom. The summed E-state index contributed by atoms with van der Waals surface area (Å²) in [5.74, 6) is -1.96. The highest BCUT2D eigenvalue weighted by atomic mass is 35.5. The van der Waals surface area contributed by atoms with Crippen molar-refractivity contribution in [3.63, 3.8) is 0 Å². The fourth-order valence-electron chi connectivity index (χ4n) is 3.02. The van der Waals surface area contributed by atoms with Crippen LogP contribution >= 0.6 is 12.4 Å². The monoisotopic (exact) mass is 415 g/mol. The maximum absolute atomic E-state index is 10.8. The summed E-state index contributed by atoms with van der Waals surface area (Å²) in [6, 6.07) is -1.46. The molecule has 0 aromatic rings. The number of rotatable bonds is 3. The van der Waals surface area contributed by atoms with Crippen molar-refractivity contribution in [2.24, 2.45) is 16.5 Å². The third kappa shape index (κ3) is 5.04. The Hall–Kier alpha value is -1.09. The van der Waals surface area contributed by atoms with E-state index in [1.54, 1.807) is 6.92 Å². The summed E-state index contributed by atoms with van der Waals surface area (Å²) in [6.07, 6.45) is -11.7. The van der Waals surface area contributed by atoms with Crippen LogP contribution in [0.4, 0.5) is 0 Å². The van der Waals surface area contributed by atoms with Crippen molar-refractivity contribution in [2.75, 3.05) is 0 Å². The molecule has 0 aromatic heterocycles. The van der Waals surface area contributed by atoms with Gasteiger partial charge in [-0.1, -0.05) is 0 Å². The van der Waals surface area contributed by atoms with Gasteiger partial charge in [-0.2, -0.15) is 0 Å². The number of hydrogen-bond donors (Lipinski definition) is 8. The van der Waals surface area contributed by atoms with E-state index in [1.165, 1.54) is 0 Å². The smallest absolute Gasteiger partial charge is 0.370 e. The fourth-order valence-corrected chi connectivity index (χ4v) is 3.02. The topological polar surface area (TPSA) is 221 Å². The number of ether oxygens (including phenoxy) is 2. The second-order valence-corrected chi connectivity index (χ2v) is 6.55. The second kappa shape index (κ2) is 9.41. The number of aliphatic hydroxyl groups excluding tert-OH is 5. The van der Waals surface area contributed by atoms with Crippen molar-refractivity contribution in [2.45, 2.75) is 74.4 Å². The lowest BCUT2D eigenvalue weighted by atomic mass is 9.84. The van der Waals surface area contributed by atoms with Crippen LogP contribution in [0.1, 0.15) is 13.3 Å². The van der Waals surface area contributed by atoms with Crippen LogP contribution in [0.5, 0.6) is 0 Å². The van der Waals surface area contributed by atoms with E-state index in [-0.39, 0.29) is 18.8 Å². The number of aliphatic carboxylic acids is 1. The highest BCUT2D eigenvalue weighted by molar-refractivity contribution is 6.33. The standard InChI is InChI=1S/C14H25N3O9.ClH/c1-3-5(17-12(16)13(23)24)2-4(15)14(25-3)26-11-9(21)7(19)6(18)8(20)10(11)22;/h3-11,14,18-22H,2,15H2,1H3,(H2,16,17)(H,23,24);1H. The Balaban J connectivity index is 0.00000364. The van der Waals surface area contributed by atoms with E-state index in [1.807, 2.05) is 0 Å². The summed E-state index contributed by atoms with van der Waals surface area (Å²) in [7, 11) is 0. The van der Waals surface area contributed by atoms with Gasteiger partial charge < -0.3 is 51.6 Å². The van der Waals surface area contributed by atoms with Crippen molar-refractivity contribution < 1.29 is 44.9 Å². The van der Waals surface area contributed by atoms with Crippen molar-refractivity contribution in [1.82, 2.24) is 0 Å². The van der Waals surface area contributed by atoms with Crippen molar-refractivity contribution in [1.29, 1.82) is 0 Å². The lowest BCUT2D eigenvalue weighted by molar-refractivity contribution is -0.293. The molecule has 1 aliphatic carbocycles. The zero-order valence-electron chi connectivity index (χ0n) is 14.4. The first-order valence-corrected chi connectivity index (χ1v) is 8.08. The van der Waals surface area contributed by atoms with Crippen LogP contribution < -0.4 is 11.5 Å². The normalized spacial score (nSPS) is 45.8. The fraction of sp³-hybridized carbons (Fsp3) is 0.857. The lowest BCUT2D eigenvalue weighted by Crippen LogP contribution is -2.66. The van der Waals surface area contributed by atoms with Crippen LogP contribution in [0, 0.1) is 0 Å². The molecule has 0 amide bonds. The number of hydrogen-bond acceptors (Lipinski definition) is 10. The molecule has 2 fully saturated rings. The van der Waals surface area contributed by atoms with Crippen LogP contribution in [0.3, 0.4) is 0 Å². The SMILES string of the molecule is CC1OC(OC2C(O)C(O)C(O)C(O)C2O)C(N)CC1N=C(N)C(=O)O.Cl. The molecule has 12 nitrogen and oxygen atoms in total. The maximum atomic E-state index is 10.8. The van der Waals surface area contributed by atoms with E-state index in [4.69, 9.17) is 26.0 Å². The molecule has 1 saturated heterocycles. The molecule has 10 N–H and O–H groups in total. The molecule has 0 spiro atoms. The summed E-state index contributed by atoms with van der Waals surface area (Å²) in [4.78, 5) is 14.6. The van der Waals surface area contributed by atoms with Gasteiger partial charge in [0.05, 0.1) is 18.2 Å². The molecule has 2 aliphatic rings. The zero-order chi connectivity index (χ0) is 19.8. The van der Waals surface area contributed by atoms with E-state index < -0.39 is 72.9 Å². The van der Waals surface area contributed by atoms with Crippen LogP contribution in [0.15, 0.2) is 4.99 Å². The minimum absolute atomic E-state index is 0. The second-order valence-electron chi connectivity index (χ2n) is 6.55. The van der Waals surface area contributed by atoms with Crippen LogP contribution in [0.25, 0.3) is 0 Å². The van der Waals surface area contributed by atoms with E-state index in [0.29, 0.717) is 0 Å². The molecule has 27 heavy (non-hydrogen) atoms. The third-order valence-electron chi connectivity index (χ3n) is 4.64. The number of carbonyl (C=O) groups is 1. The summed E-state index contributed by atoms with van der Waals surface area (Å²) in [5, 5.41) is 57.8. The minimum Gasteiger partial charge on any atom is -0.475 e. The molecule has 0 aromatic carbocycles. The Morgan fingerprint density at radius 3 is 2.04 bits per heavy atom. The number of amidine groups is 1. The number of carboxylic acid groups (broad SMARTS) is 1. The number of aliphatic hydroxyl groups is 5. The van der Waals surface area contributed by atoms with Crippen molar-refractivity contribution in [3.8, 4) is 0 Å². The molecule has 1 heterocycles. The highest BCUT2D eigenvalue weighted by Gasteiger charge is 2.50. The van der Waals surface area contributed by atoms with Gasteiger partial charge in [0.1, 0.15) is 36.6 Å². The quantitative estimate of drug-likeness (QED) is 0.163. The highest BCUT2D eigenvalue weighted by Crippen LogP contribution is 2.29. The Kier molecular flexibility index (Phi) is 8.34. The molecule has 13 heteroatoms. The predicted octanol–water partition coefficient (Wildman–Crippen LogP) is -4.12. The molecule has 8 atom stereocenters. The molecule has 1 saturated carbocycles. The average Bonchev–Trinajstić information content (AvgIpc) is 2.58. The number of nitrogens with two attached hydrogens (primary N) is 2. The summed E-state index contributed by atoms with van der Waals surface area (Å²) >= 11 is 0. The minimum atomic E-state index is -1.74. The van der Waals surface area contributed by atoms with Crippen LogP contribution in [0.2, 0.25) is 0 Å². The molecule has 8 unspecified atom stereocenters. The first-order chi connectivity index (χ1) is 12.0. The van der Waals surface area contributed by atoms with Gasteiger partial charge in [-0.25, -0.2) is 4.79 Å². The van der Waals surface area contributed by atoms with Gasteiger partial charge in [-0.05, 0) is 13.3 Å². The van der Waals surface area contributed by atoms with Gasteiger partial charge in [0.25, 0.3) is 0 Å². The lowest BCUT2D eigenvalue weighted by Gasteiger charge is -2.45. The molecular formula is C14H26ClN3O9. The summed E-state index contributed by atoms with van der Waals surface area (Å²) in [6.45, 7) is 1.59. The van der Waals surface area contributed by atoms with Gasteiger partial charge in [0, 0.05) is 0 Å². The van der Waals surface area contributed by atoms with E-state index in [2.05, 4.69) is 4.99 Å². The van der Waals surface area contributed by atoms with Gasteiger partial charge in [0.2, 0.25) is 5.84 Å². The predicted molar refractivity (Wildman–Crippen MR) is 92.1 cm³/mol. The zero-order valence-corrected chi connectivity index (χ0v) is 15.2. The number of nitrogens with zero attached hydrogens (tertiary/aromatic N) is 1. The van der Waals surface area contributed by atoms with Gasteiger partial charge in [0.15, 0.2) is 6.29 Å². The van der Waals surface area contributed by atoms with Crippen molar-refractivity contribution in [3.05, 3.63) is 0 Å². The van der Waals surface area contributed by atoms with E-state index >= 15 is 0 Å². The summed E-state index contributed by atoms with van der Waals surface area (Å²) in [5.41, 5.74) is 11.2. The van der Waals surface area contributed by atoms with Gasteiger partial charge in [-0.15, -0.1) is 12.4 Å². The molecule has 0 bridgehead atoms. The number of aliphatic imine (C=N–C) groups is 1. The van der Waals surface area contributed by atoms with Gasteiger partial charge in [-0.3, -0.25) is 4.99 Å². The summed E-state index contributed by atoms with van der Waals surface area (Å²) < 4.78 is 11.0. The maximum Gasteiger partial charge on any atom is 0.370 e. The van der Waals surface area contributed by atoms with E-state index in [9.17, 15) is 30.3 Å². The van der Waals surface area contributed by atoms with Crippen LogP contribution in [-0.4, -0.2) is 104 Å². The molecule has 158 valence electrons. The largest absolute Gasteiger partial charge is 0.475 e. The molecular weight excluding hydrogens is 390 g/mol. The Morgan fingerprint density at radius 2 is 1.56 bits per heavy atom. The van der Waals surface area contributed by atoms with Crippen LogP contribution in [-0.2, 0) is 14.3 Å².